The summed E-state index contributed by atoms with van der Waals surface area (Å²) < 4.78 is 34.1. The van der Waals surface area contributed by atoms with Gasteiger partial charge in [0, 0.05) is 50.1 Å². The number of rotatable bonds is 6. The number of benzene rings is 1. The van der Waals surface area contributed by atoms with Crippen molar-refractivity contribution < 1.29 is 13.5 Å². The highest BCUT2D eigenvalue weighted by atomic mass is 19.1. The smallest absolute Gasteiger partial charge is 0.324 e. The molecule has 146 valence electrons. The van der Waals surface area contributed by atoms with Gasteiger partial charge in [-0.3, -0.25) is 4.79 Å². The Morgan fingerprint density at radius 2 is 1.82 bits per heavy atom. The van der Waals surface area contributed by atoms with Crippen molar-refractivity contribution in [2.75, 3.05) is 18.0 Å². The Balaban J connectivity index is 2.09. The maximum Gasteiger partial charge on any atom is 0.324 e. The summed E-state index contributed by atoms with van der Waals surface area (Å²) in [6.45, 7) is 5.37. The molecule has 28 heavy (non-hydrogen) atoms. The molecule has 0 bridgehead atoms. The van der Waals surface area contributed by atoms with Crippen LogP contribution in [0.3, 0.4) is 0 Å². The molecule has 0 unspecified atom stereocenters. The summed E-state index contributed by atoms with van der Waals surface area (Å²) in [7, 11) is 1.64. The van der Waals surface area contributed by atoms with E-state index >= 15 is 0 Å². The van der Waals surface area contributed by atoms with Gasteiger partial charge in [-0.15, -0.1) is 0 Å². The van der Waals surface area contributed by atoms with Crippen LogP contribution >= 0.6 is 0 Å². The van der Waals surface area contributed by atoms with Crippen LogP contribution in [0, 0.1) is 11.6 Å². The summed E-state index contributed by atoms with van der Waals surface area (Å²) in [5.74, 6) is -1.13. The van der Waals surface area contributed by atoms with E-state index < -0.39 is 11.6 Å². The number of nitrogens with zero attached hydrogens (tertiary/aromatic N) is 4. The maximum absolute atomic E-state index is 14.0. The predicted molar refractivity (Wildman–Crippen MR) is 103 cm³/mol. The highest BCUT2D eigenvalue weighted by Gasteiger charge is 2.14. The van der Waals surface area contributed by atoms with Gasteiger partial charge in [-0.25, -0.2) is 8.78 Å². The Morgan fingerprint density at radius 3 is 2.46 bits per heavy atom. The number of aryl methyl sites for hydroxylation is 1. The fraction of sp³-hybridized carbons (Fsp3) is 0.250. The van der Waals surface area contributed by atoms with Crippen molar-refractivity contribution in [1.82, 2.24) is 14.5 Å². The van der Waals surface area contributed by atoms with E-state index in [-0.39, 0.29) is 17.3 Å². The highest BCUT2D eigenvalue weighted by Crippen LogP contribution is 2.28. The molecule has 0 aliphatic heterocycles. The summed E-state index contributed by atoms with van der Waals surface area (Å²) >= 11 is 0. The summed E-state index contributed by atoms with van der Waals surface area (Å²) in [6.07, 6.45) is 1.65. The lowest BCUT2D eigenvalue weighted by Crippen LogP contribution is -2.23. The average Bonchev–Trinajstić information content (AvgIpc) is 2.67. The maximum atomic E-state index is 14.0. The first-order valence-corrected chi connectivity index (χ1v) is 8.85. The molecule has 2 heterocycles. The van der Waals surface area contributed by atoms with E-state index in [1.165, 1.54) is 16.7 Å². The van der Waals surface area contributed by atoms with Crippen LogP contribution in [0.25, 0.3) is 11.3 Å². The Bertz CT molecular complexity index is 1050. The third kappa shape index (κ3) is 4.16. The Kier molecular flexibility index (Phi) is 5.67. The first-order chi connectivity index (χ1) is 13.4. The van der Waals surface area contributed by atoms with Gasteiger partial charge in [0.05, 0.1) is 5.69 Å². The minimum Gasteiger partial charge on any atom is -0.421 e. The Morgan fingerprint density at radius 1 is 1.07 bits per heavy atom. The average molecular weight is 386 g/mol. The predicted octanol–water partition coefficient (Wildman–Crippen LogP) is 3.76. The molecule has 3 aromatic rings. The van der Waals surface area contributed by atoms with Crippen LogP contribution in [0.1, 0.15) is 13.8 Å². The van der Waals surface area contributed by atoms with E-state index in [0.29, 0.717) is 30.2 Å². The highest BCUT2D eigenvalue weighted by molar-refractivity contribution is 5.62. The molecule has 0 atom stereocenters. The molecule has 0 N–H and O–H groups in total. The van der Waals surface area contributed by atoms with Crippen molar-refractivity contribution in [2.45, 2.75) is 13.8 Å². The molecule has 0 aliphatic rings. The van der Waals surface area contributed by atoms with Crippen molar-refractivity contribution >= 4 is 5.82 Å². The second kappa shape index (κ2) is 8.16. The zero-order chi connectivity index (χ0) is 20.3. The summed E-state index contributed by atoms with van der Waals surface area (Å²) in [6, 6.07) is 7.81. The van der Waals surface area contributed by atoms with Gasteiger partial charge >= 0.3 is 6.01 Å². The molecule has 6 nitrogen and oxygen atoms in total. The fourth-order valence-corrected chi connectivity index (χ4v) is 2.72. The first-order valence-electron chi connectivity index (χ1n) is 8.85. The van der Waals surface area contributed by atoms with E-state index in [1.54, 1.807) is 25.4 Å². The van der Waals surface area contributed by atoms with Crippen LogP contribution < -0.4 is 15.2 Å². The molecule has 0 radical (unpaired) electrons. The van der Waals surface area contributed by atoms with Crippen LogP contribution in [0.15, 0.2) is 47.4 Å². The molecule has 0 saturated heterocycles. The topological polar surface area (TPSA) is 60.2 Å². The van der Waals surface area contributed by atoms with Gasteiger partial charge in [-0.05, 0) is 32.0 Å². The SMILES string of the molecule is CCN(CC)c1cc(-c2ccc(=O)n(C)c2)nc(Oc2ccc(F)cc2F)n1. The number of pyridine rings is 1. The summed E-state index contributed by atoms with van der Waals surface area (Å²) in [5.41, 5.74) is 1.05. The van der Waals surface area contributed by atoms with Gasteiger partial charge in [0.2, 0.25) is 5.56 Å². The van der Waals surface area contributed by atoms with Gasteiger partial charge < -0.3 is 14.2 Å². The largest absolute Gasteiger partial charge is 0.421 e. The zero-order valence-corrected chi connectivity index (χ0v) is 15.8. The molecule has 0 fully saturated rings. The van der Waals surface area contributed by atoms with Gasteiger partial charge in [-0.2, -0.15) is 9.97 Å². The van der Waals surface area contributed by atoms with Crippen molar-refractivity contribution in [3.8, 4) is 23.0 Å². The molecule has 2 aromatic heterocycles. The fourth-order valence-electron chi connectivity index (χ4n) is 2.72. The number of hydrogen-bond acceptors (Lipinski definition) is 5. The van der Waals surface area contributed by atoms with Crippen molar-refractivity contribution in [3.05, 3.63) is 64.6 Å². The lowest BCUT2D eigenvalue weighted by molar-refractivity contribution is 0.408. The number of anilines is 1. The molecule has 0 spiro atoms. The molecule has 1 aromatic carbocycles. The van der Waals surface area contributed by atoms with E-state index in [0.717, 1.165) is 12.1 Å². The summed E-state index contributed by atoms with van der Waals surface area (Å²) in [4.78, 5) is 22.4. The van der Waals surface area contributed by atoms with Crippen LogP contribution in [0.5, 0.6) is 11.8 Å². The third-order valence-corrected chi connectivity index (χ3v) is 4.26. The zero-order valence-electron chi connectivity index (χ0n) is 15.8. The van der Waals surface area contributed by atoms with E-state index in [4.69, 9.17) is 4.74 Å². The number of halogens is 2. The number of aromatic nitrogens is 3. The van der Waals surface area contributed by atoms with E-state index in [9.17, 15) is 13.6 Å². The molecule has 0 aliphatic carbocycles. The third-order valence-electron chi connectivity index (χ3n) is 4.26. The number of hydrogen-bond donors (Lipinski definition) is 0. The first kappa shape index (κ1) is 19.5. The normalized spacial score (nSPS) is 10.8. The van der Waals surface area contributed by atoms with Gasteiger partial charge in [0.1, 0.15) is 11.6 Å². The quantitative estimate of drug-likeness (QED) is 0.646. The van der Waals surface area contributed by atoms with E-state index in [2.05, 4.69) is 9.97 Å². The van der Waals surface area contributed by atoms with Crippen LogP contribution in [-0.4, -0.2) is 27.6 Å². The second-order valence-corrected chi connectivity index (χ2v) is 6.11. The van der Waals surface area contributed by atoms with Gasteiger partial charge in [0.15, 0.2) is 11.6 Å². The molecular weight excluding hydrogens is 366 g/mol. The standard InChI is InChI=1S/C20H20F2N4O2/c1-4-26(5-2)18-11-16(13-6-9-19(27)25(3)12-13)23-20(24-18)28-17-8-7-14(21)10-15(17)22/h6-12H,4-5H2,1-3H3. The second-order valence-electron chi connectivity index (χ2n) is 6.11. The van der Waals surface area contributed by atoms with Crippen LogP contribution in [-0.2, 0) is 7.05 Å². The molecule has 3 rings (SSSR count). The van der Waals surface area contributed by atoms with Crippen molar-refractivity contribution in [3.63, 3.8) is 0 Å². The summed E-state index contributed by atoms with van der Waals surface area (Å²) in [5, 5.41) is 0. The minimum absolute atomic E-state index is 0.0706. The monoisotopic (exact) mass is 386 g/mol. The lowest BCUT2D eigenvalue weighted by Gasteiger charge is -2.21. The lowest BCUT2D eigenvalue weighted by atomic mass is 10.2. The van der Waals surface area contributed by atoms with Crippen LogP contribution in [0.4, 0.5) is 14.6 Å². The number of ether oxygens (including phenoxy) is 1. The van der Waals surface area contributed by atoms with Crippen molar-refractivity contribution in [2.24, 2.45) is 7.05 Å². The van der Waals surface area contributed by atoms with Gasteiger partial charge in [-0.1, -0.05) is 0 Å². The minimum atomic E-state index is -0.847. The Labute approximate surface area is 161 Å². The molecule has 0 amide bonds. The molecule has 8 heteroatoms. The van der Waals surface area contributed by atoms with Crippen LogP contribution in [0.2, 0.25) is 0 Å². The Hall–Kier alpha value is -3.29. The van der Waals surface area contributed by atoms with Gasteiger partial charge in [0.25, 0.3) is 0 Å². The molecule has 0 saturated carbocycles. The van der Waals surface area contributed by atoms with Crippen molar-refractivity contribution in [1.29, 1.82) is 0 Å². The molecular formula is C20H20F2N4O2. The van der Waals surface area contributed by atoms with E-state index in [1.807, 2.05) is 18.7 Å².